The van der Waals surface area contributed by atoms with E-state index in [0.717, 1.165) is 37.1 Å². The minimum Gasteiger partial charge on any atom is -0.488 e. The highest BCUT2D eigenvalue weighted by Gasteiger charge is 2.22. The van der Waals surface area contributed by atoms with Gasteiger partial charge >= 0.3 is 5.97 Å². The normalized spacial score (nSPS) is 13.9. The minimum absolute atomic E-state index is 0.0707. The van der Waals surface area contributed by atoms with E-state index in [1.807, 2.05) is 36.4 Å². The zero-order chi connectivity index (χ0) is 27.5. The van der Waals surface area contributed by atoms with E-state index in [4.69, 9.17) is 9.47 Å². The minimum atomic E-state index is -0.456. The smallest absolute Gasteiger partial charge is 0.341 e. The van der Waals surface area contributed by atoms with Gasteiger partial charge in [-0.05, 0) is 67.5 Å². The molecule has 0 saturated carbocycles. The molecule has 6 nitrogen and oxygen atoms in total. The molecule has 0 aliphatic carbocycles. The molecule has 1 heterocycles. The fraction of sp³-hybridized carbons (Fsp3) is 0.394. The summed E-state index contributed by atoms with van der Waals surface area (Å²) in [4.78, 5) is 28.5. The third kappa shape index (κ3) is 7.85. The molecule has 1 atom stereocenters. The van der Waals surface area contributed by atoms with Gasteiger partial charge < -0.3 is 19.7 Å². The van der Waals surface area contributed by atoms with Crippen LogP contribution in [-0.2, 0) is 22.6 Å². The van der Waals surface area contributed by atoms with Crippen molar-refractivity contribution in [1.82, 2.24) is 5.32 Å². The molecule has 1 unspecified atom stereocenters. The average Bonchev–Trinajstić information content (AvgIpc) is 2.97. The number of benzene rings is 3. The van der Waals surface area contributed by atoms with Crippen molar-refractivity contribution in [3.05, 3.63) is 95.1 Å². The first kappa shape index (κ1) is 28.2. The molecule has 1 saturated heterocycles. The van der Waals surface area contributed by atoms with Crippen molar-refractivity contribution >= 4 is 17.6 Å². The molecule has 1 N–H and O–H groups in total. The SMILES string of the molecule is CCCC(NC(=O)Cc1ccc(OCc2ccccc2)c(C(=O)OCC)c1)c1ccccc1N1CCCCC1. The molecule has 1 aliphatic heterocycles. The number of carbonyl (C=O) groups excluding carboxylic acids is 2. The lowest BCUT2D eigenvalue weighted by atomic mass is 9.97. The Hall–Kier alpha value is -3.80. The fourth-order valence-electron chi connectivity index (χ4n) is 5.15. The predicted molar refractivity (Wildman–Crippen MR) is 155 cm³/mol. The highest BCUT2D eigenvalue weighted by Crippen LogP contribution is 2.31. The van der Waals surface area contributed by atoms with Crippen LogP contribution in [0, 0.1) is 0 Å². The lowest BCUT2D eigenvalue weighted by molar-refractivity contribution is -0.121. The monoisotopic (exact) mass is 528 g/mol. The van der Waals surface area contributed by atoms with E-state index in [-0.39, 0.29) is 25.0 Å². The van der Waals surface area contributed by atoms with Gasteiger partial charge in [-0.2, -0.15) is 0 Å². The van der Waals surface area contributed by atoms with Crippen molar-refractivity contribution in [1.29, 1.82) is 0 Å². The van der Waals surface area contributed by atoms with Gasteiger partial charge in [0, 0.05) is 18.8 Å². The molecule has 1 amide bonds. The van der Waals surface area contributed by atoms with Gasteiger partial charge in [0.05, 0.1) is 19.1 Å². The Bertz CT molecular complexity index is 1220. The summed E-state index contributed by atoms with van der Waals surface area (Å²) < 4.78 is 11.3. The number of ether oxygens (including phenoxy) is 2. The van der Waals surface area contributed by atoms with Crippen molar-refractivity contribution in [2.24, 2.45) is 0 Å². The van der Waals surface area contributed by atoms with Crippen LogP contribution < -0.4 is 15.0 Å². The van der Waals surface area contributed by atoms with Crippen LogP contribution in [0.1, 0.15) is 79.0 Å². The zero-order valence-corrected chi connectivity index (χ0v) is 23.2. The summed E-state index contributed by atoms with van der Waals surface area (Å²) in [5, 5.41) is 3.28. The third-order valence-electron chi connectivity index (χ3n) is 7.06. The van der Waals surface area contributed by atoms with Crippen LogP contribution >= 0.6 is 0 Å². The van der Waals surface area contributed by atoms with Gasteiger partial charge in [-0.1, -0.05) is 67.9 Å². The summed E-state index contributed by atoms with van der Waals surface area (Å²) in [5.74, 6) is -0.0856. The number of anilines is 1. The number of nitrogens with zero attached hydrogens (tertiary/aromatic N) is 1. The maximum atomic E-state index is 13.3. The second-order valence-corrected chi connectivity index (χ2v) is 10.0. The summed E-state index contributed by atoms with van der Waals surface area (Å²) in [6, 6.07) is 23.5. The molecule has 0 spiro atoms. The van der Waals surface area contributed by atoms with E-state index in [0.29, 0.717) is 17.9 Å². The molecule has 6 heteroatoms. The molecule has 0 radical (unpaired) electrons. The van der Waals surface area contributed by atoms with Crippen molar-refractivity contribution in [3.63, 3.8) is 0 Å². The Morgan fingerprint density at radius 2 is 1.64 bits per heavy atom. The van der Waals surface area contributed by atoms with Gasteiger partial charge in [0.2, 0.25) is 5.91 Å². The molecule has 39 heavy (non-hydrogen) atoms. The zero-order valence-electron chi connectivity index (χ0n) is 23.2. The van der Waals surface area contributed by atoms with Gasteiger partial charge in [-0.25, -0.2) is 4.79 Å². The number of esters is 1. The molecular weight excluding hydrogens is 488 g/mol. The molecular formula is C33H40N2O4. The highest BCUT2D eigenvalue weighted by molar-refractivity contribution is 5.93. The first-order valence-corrected chi connectivity index (χ1v) is 14.2. The van der Waals surface area contributed by atoms with Crippen LogP contribution in [0.15, 0.2) is 72.8 Å². The van der Waals surface area contributed by atoms with Gasteiger partial charge in [-0.3, -0.25) is 4.79 Å². The first-order chi connectivity index (χ1) is 19.1. The topological polar surface area (TPSA) is 67.9 Å². The number of rotatable bonds is 12. The quantitative estimate of drug-likeness (QED) is 0.267. The van der Waals surface area contributed by atoms with Gasteiger partial charge in [0.25, 0.3) is 0 Å². The van der Waals surface area contributed by atoms with E-state index in [2.05, 4.69) is 41.4 Å². The fourth-order valence-corrected chi connectivity index (χ4v) is 5.15. The predicted octanol–water partition coefficient (Wildman–Crippen LogP) is 6.63. The van der Waals surface area contributed by atoms with E-state index >= 15 is 0 Å². The number of carbonyl (C=O) groups is 2. The number of nitrogens with one attached hydrogen (secondary N) is 1. The summed E-state index contributed by atoms with van der Waals surface area (Å²) in [7, 11) is 0. The summed E-state index contributed by atoms with van der Waals surface area (Å²) in [6.07, 6.45) is 5.66. The molecule has 206 valence electrons. The molecule has 4 rings (SSSR count). The van der Waals surface area contributed by atoms with Crippen molar-refractivity contribution in [2.75, 3.05) is 24.6 Å². The molecule has 3 aromatic rings. The second-order valence-electron chi connectivity index (χ2n) is 10.0. The molecule has 1 aliphatic rings. The van der Waals surface area contributed by atoms with Crippen LogP contribution in [0.5, 0.6) is 5.75 Å². The summed E-state index contributed by atoms with van der Waals surface area (Å²) in [6.45, 7) is 6.62. The molecule has 3 aromatic carbocycles. The van der Waals surface area contributed by atoms with Crippen LogP contribution in [0.25, 0.3) is 0 Å². The Balaban J connectivity index is 1.49. The Kier molecular flexibility index (Phi) is 10.4. The number of hydrogen-bond donors (Lipinski definition) is 1. The van der Waals surface area contributed by atoms with E-state index in [1.165, 1.54) is 30.5 Å². The van der Waals surface area contributed by atoms with E-state index < -0.39 is 5.97 Å². The van der Waals surface area contributed by atoms with E-state index in [9.17, 15) is 9.59 Å². The van der Waals surface area contributed by atoms with Gasteiger partial charge in [-0.15, -0.1) is 0 Å². The highest BCUT2D eigenvalue weighted by atomic mass is 16.5. The Morgan fingerprint density at radius 1 is 0.897 bits per heavy atom. The van der Waals surface area contributed by atoms with Crippen LogP contribution in [-0.4, -0.2) is 31.6 Å². The van der Waals surface area contributed by atoms with Gasteiger partial charge in [0.1, 0.15) is 17.9 Å². The number of amides is 1. The van der Waals surface area contributed by atoms with Crippen molar-refractivity contribution in [3.8, 4) is 5.75 Å². The van der Waals surface area contributed by atoms with Crippen molar-refractivity contribution < 1.29 is 19.1 Å². The third-order valence-corrected chi connectivity index (χ3v) is 7.06. The van der Waals surface area contributed by atoms with Crippen LogP contribution in [0.4, 0.5) is 5.69 Å². The molecule has 0 bridgehead atoms. The van der Waals surface area contributed by atoms with Crippen LogP contribution in [0.2, 0.25) is 0 Å². The first-order valence-electron chi connectivity index (χ1n) is 14.2. The maximum Gasteiger partial charge on any atom is 0.341 e. The number of hydrogen-bond acceptors (Lipinski definition) is 5. The van der Waals surface area contributed by atoms with E-state index in [1.54, 1.807) is 19.1 Å². The number of para-hydroxylation sites is 1. The maximum absolute atomic E-state index is 13.3. The molecule has 0 aromatic heterocycles. The summed E-state index contributed by atoms with van der Waals surface area (Å²) in [5.41, 5.74) is 4.47. The standard InChI is InChI=1S/C33H40N2O4/c1-3-13-29(27-16-9-10-17-30(27)35-20-11-6-12-21-35)34-32(36)23-26-18-19-31(28(22-26)33(37)38-4-2)39-24-25-14-7-5-8-15-25/h5,7-10,14-19,22,29H,3-4,6,11-13,20-21,23-24H2,1-2H3,(H,34,36). The lowest BCUT2D eigenvalue weighted by Crippen LogP contribution is -2.34. The Labute approximate surface area is 232 Å². The summed E-state index contributed by atoms with van der Waals surface area (Å²) >= 11 is 0. The van der Waals surface area contributed by atoms with Crippen LogP contribution in [0.3, 0.4) is 0 Å². The lowest BCUT2D eigenvalue weighted by Gasteiger charge is -2.32. The number of piperidine rings is 1. The molecule has 1 fully saturated rings. The largest absolute Gasteiger partial charge is 0.488 e. The van der Waals surface area contributed by atoms with Gasteiger partial charge in [0.15, 0.2) is 0 Å². The second kappa shape index (κ2) is 14.4. The van der Waals surface area contributed by atoms with Crippen molar-refractivity contribution in [2.45, 2.75) is 65.0 Å². The average molecular weight is 529 g/mol. The Morgan fingerprint density at radius 3 is 2.38 bits per heavy atom.